The van der Waals surface area contributed by atoms with E-state index in [0.717, 1.165) is 27.8 Å². The molecule has 0 bridgehead atoms. The SMILES string of the molecule is Cc1ccc(NC(=O)c2cc(-c3ccc(C)c(C)c3)nn2-c2cccc([N+](=O)[O-])c2)cc1C. The zero-order valence-electron chi connectivity index (χ0n) is 18.9. The standard InChI is InChI=1S/C26H24N4O3/c1-16-8-10-20(12-18(16)3)24-15-25(26(31)27-21-11-9-17(2)19(4)13-21)29(28-24)22-6-5-7-23(14-22)30(32)33/h5-15H,1-4H3,(H,27,31). The molecule has 166 valence electrons. The van der Waals surface area contributed by atoms with Gasteiger partial charge in [0.05, 0.1) is 16.3 Å². The minimum Gasteiger partial charge on any atom is -0.321 e. The fraction of sp³-hybridized carbons (Fsp3) is 0.154. The second-order valence-corrected chi connectivity index (χ2v) is 8.16. The lowest BCUT2D eigenvalue weighted by Gasteiger charge is -2.10. The highest BCUT2D eigenvalue weighted by atomic mass is 16.6. The second-order valence-electron chi connectivity index (χ2n) is 8.16. The highest BCUT2D eigenvalue weighted by Crippen LogP contribution is 2.26. The van der Waals surface area contributed by atoms with Gasteiger partial charge >= 0.3 is 0 Å². The number of benzene rings is 3. The second kappa shape index (κ2) is 8.70. The third-order valence-electron chi connectivity index (χ3n) is 5.79. The topological polar surface area (TPSA) is 90.1 Å². The Labute approximate surface area is 191 Å². The molecule has 1 N–H and O–H groups in total. The molecule has 7 heteroatoms. The van der Waals surface area contributed by atoms with Gasteiger partial charge in [-0.1, -0.05) is 24.3 Å². The van der Waals surface area contributed by atoms with E-state index < -0.39 is 4.92 Å². The van der Waals surface area contributed by atoms with Gasteiger partial charge in [0.2, 0.25) is 0 Å². The predicted octanol–water partition coefficient (Wildman–Crippen LogP) is 5.93. The Morgan fingerprint density at radius 1 is 0.879 bits per heavy atom. The molecule has 4 aromatic rings. The van der Waals surface area contributed by atoms with Crippen LogP contribution in [-0.4, -0.2) is 20.6 Å². The summed E-state index contributed by atoms with van der Waals surface area (Å²) in [6.07, 6.45) is 0. The van der Waals surface area contributed by atoms with Crippen molar-refractivity contribution < 1.29 is 9.72 Å². The summed E-state index contributed by atoms with van der Waals surface area (Å²) in [6.45, 7) is 8.04. The molecular formula is C26H24N4O3. The summed E-state index contributed by atoms with van der Waals surface area (Å²) in [4.78, 5) is 24.1. The van der Waals surface area contributed by atoms with Gasteiger partial charge in [0.1, 0.15) is 5.69 Å². The Kier molecular flexibility index (Phi) is 5.79. The first kappa shape index (κ1) is 22.0. The van der Waals surface area contributed by atoms with Gasteiger partial charge in [-0.05, 0) is 80.3 Å². The molecular weight excluding hydrogens is 416 g/mol. The fourth-order valence-corrected chi connectivity index (χ4v) is 3.53. The van der Waals surface area contributed by atoms with Crippen LogP contribution < -0.4 is 5.32 Å². The van der Waals surface area contributed by atoms with E-state index in [1.165, 1.54) is 16.8 Å². The average Bonchev–Trinajstić information content (AvgIpc) is 3.24. The van der Waals surface area contributed by atoms with Gasteiger partial charge in [0.15, 0.2) is 0 Å². The summed E-state index contributed by atoms with van der Waals surface area (Å²) in [6, 6.07) is 19.5. The van der Waals surface area contributed by atoms with Crippen molar-refractivity contribution in [3.05, 3.63) is 105 Å². The predicted molar refractivity (Wildman–Crippen MR) is 129 cm³/mol. The van der Waals surface area contributed by atoms with E-state index in [1.54, 1.807) is 18.2 Å². The summed E-state index contributed by atoms with van der Waals surface area (Å²) in [5, 5.41) is 18.9. The zero-order valence-corrected chi connectivity index (χ0v) is 18.9. The van der Waals surface area contributed by atoms with Gasteiger partial charge in [0.25, 0.3) is 11.6 Å². The van der Waals surface area contributed by atoms with Crippen LogP contribution in [-0.2, 0) is 0 Å². The molecule has 0 atom stereocenters. The summed E-state index contributed by atoms with van der Waals surface area (Å²) < 4.78 is 1.45. The van der Waals surface area contributed by atoms with Crippen LogP contribution in [0, 0.1) is 37.8 Å². The van der Waals surface area contributed by atoms with E-state index in [-0.39, 0.29) is 17.3 Å². The molecule has 0 unspecified atom stereocenters. The van der Waals surface area contributed by atoms with Crippen molar-refractivity contribution in [1.29, 1.82) is 0 Å². The van der Waals surface area contributed by atoms with Gasteiger partial charge < -0.3 is 5.32 Å². The van der Waals surface area contributed by atoms with Crippen molar-refractivity contribution in [2.45, 2.75) is 27.7 Å². The maximum Gasteiger partial charge on any atom is 0.274 e. The average molecular weight is 441 g/mol. The van der Waals surface area contributed by atoms with Crippen LogP contribution in [0.2, 0.25) is 0 Å². The first-order valence-electron chi connectivity index (χ1n) is 10.5. The Hall–Kier alpha value is -4.26. The van der Waals surface area contributed by atoms with Crippen LogP contribution in [0.5, 0.6) is 0 Å². The largest absolute Gasteiger partial charge is 0.321 e. The number of nitro benzene ring substituents is 1. The van der Waals surface area contributed by atoms with Crippen molar-refractivity contribution in [2.75, 3.05) is 5.32 Å². The van der Waals surface area contributed by atoms with E-state index in [2.05, 4.69) is 10.4 Å². The number of non-ortho nitro benzene ring substituents is 1. The minimum absolute atomic E-state index is 0.0729. The Morgan fingerprint density at radius 3 is 2.24 bits per heavy atom. The molecule has 1 heterocycles. The molecule has 0 saturated carbocycles. The molecule has 1 aromatic heterocycles. The third kappa shape index (κ3) is 4.52. The molecule has 0 aliphatic carbocycles. The van der Waals surface area contributed by atoms with E-state index in [9.17, 15) is 14.9 Å². The zero-order chi connectivity index (χ0) is 23.7. The quantitative estimate of drug-likeness (QED) is 0.307. The van der Waals surface area contributed by atoms with Crippen molar-refractivity contribution in [2.24, 2.45) is 0 Å². The van der Waals surface area contributed by atoms with Crippen LogP contribution >= 0.6 is 0 Å². The van der Waals surface area contributed by atoms with E-state index in [1.807, 2.05) is 64.1 Å². The number of anilines is 1. The molecule has 7 nitrogen and oxygen atoms in total. The molecule has 33 heavy (non-hydrogen) atoms. The number of amides is 1. The number of aromatic nitrogens is 2. The number of nitrogens with one attached hydrogen (secondary N) is 1. The van der Waals surface area contributed by atoms with E-state index in [4.69, 9.17) is 0 Å². The van der Waals surface area contributed by atoms with Gasteiger partial charge in [-0.25, -0.2) is 4.68 Å². The normalized spacial score (nSPS) is 10.8. The molecule has 4 rings (SSSR count). The van der Waals surface area contributed by atoms with Gasteiger partial charge in [-0.2, -0.15) is 5.10 Å². The highest BCUT2D eigenvalue weighted by molar-refractivity contribution is 6.04. The number of rotatable bonds is 5. The van der Waals surface area contributed by atoms with Crippen molar-refractivity contribution in [3.8, 4) is 16.9 Å². The Balaban J connectivity index is 1.81. The highest BCUT2D eigenvalue weighted by Gasteiger charge is 2.20. The summed E-state index contributed by atoms with van der Waals surface area (Å²) in [5.41, 5.74) is 7.24. The Bertz CT molecular complexity index is 1390. The smallest absolute Gasteiger partial charge is 0.274 e. The molecule has 0 fully saturated rings. The van der Waals surface area contributed by atoms with Crippen molar-refractivity contribution >= 4 is 17.3 Å². The molecule has 3 aromatic carbocycles. The van der Waals surface area contributed by atoms with Crippen LogP contribution in [0.15, 0.2) is 66.7 Å². The van der Waals surface area contributed by atoms with E-state index in [0.29, 0.717) is 17.1 Å². The number of hydrogen-bond acceptors (Lipinski definition) is 4. The number of nitro groups is 1. The molecule has 0 aliphatic rings. The number of carbonyl (C=O) groups excluding carboxylic acids is 1. The van der Waals surface area contributed by atoms with Crippen LogP contribution in [0.4, 0.5) is 11.4 Å². The van der Waals surface area contributed by atoms with Crippen LogP contribution in [0.1, 0.15) is 32.7 Å². The summed E-state index contributed by atoms with van der Waals surface area (Å²) in [7, 11) is 0. The van der Waals surface area contributed by atoms with Gasteiger partial charge in [0, 0.05) is 23.4 Å². The summed E-state index contributed by atoms with van der Waals surface area (Å²) >= 11 is 0. The lowest BCUT2D eigenvalue weighted by Crippen LogP contribution is -2.17. The molecule has 0 spiro atoms. The number of aryl methyl sites for hydroxylation is 4. The molecule has 1 amide bonds. The summed E-state index contributed by atoms with van der Waals surface area (Å²) in [5.74, 6) is -0.354. The van der Waals surface area contributed by atoms with Gasteiger partial charge in [-0.15, -0.1) is 0 Å². The maximum atomic E-state index is 13.3. The fourth-order valence-electron chi connectivity index (χ4n) is 3.53. The van der Waals surface area contributed by atoms with Crippen molar-refractivity contribution in [3.63, 3.8) is 0 Å². The lowest BCUT2D eigenvalue weighted by atomic mass is 10.0. The molecule has 0 radical (unpaired) electrons. The van der Waals surface area contributed by atoms with Crippen LogP contribution in [0.3, 0.4) is 0 Å². The first-order valence-corrected chi connectivity index (χ1v) is 10.5. The van der Waals surface area contributed by atoms with Crippen LogP contribution in [0.25, 0.3) is 16.9 Å². The number of nitrogens with zero attached hydrogens (tertiary/aromatic N) is 3. The molecule has 0 aliphatic heterocycles. The van der Waals surface area contributed by atoms with Gasteiger partial charge in [-0.3, -0.25) is 14.9 Å². The van der Waals surface area contributed by atoms with Crippen molar-refractivity contribution in [1.82, 2.24) is 9.78 Å². The first-order chi connectivity index (χ1) is 15.7. The number of hydrogen-bond donors (Lipinski definition) is 1. The Morgan fingerprint density at radius 2 is 1.58 bits per heavy atom. The molecule has 0 saturated heterocycles. The maximum absolute atomic E-state index is 13.3. The number of carbonyl (C=O) groups is 1. The lowest BCUT2D eigenvalue weighted by molar-refractivity contribution is -0.384. The monoisotopic (exact) mass is 440 g/mol. The van der Waals surface area contributed by atoms with E-state index >= 15 is 0 Å². The minimum atomic E-state index is -0.466. The third-order valence-corrected chi connectivity index (χ3v) is 5.79.